The van der Waals surface area contributed by atoms with Gasteiger partial charge in [0.25, 0.3) is 11.5 Å². The van der Waals surface area contributed by atoms with Gasteiger partial charge in [0.15, 0.2) is 0 Å². The number of aromatic nitrogens is 1. The number of carbonyl (C=O) groups excluding carboxylic acids is 1. The molecule has 0 fully saturated rings. The Bertz CT molecular complexity index is 409. The molecule has 1 aromatic rings. The van der Waals surface area contributed by atoms with Crippen LogP contribution in [0.4, 0.5) is 0 Å². The van der Waals surface area contributed by atoms with Gasteiger partial charge < -0.3 is 15.0 Å². The van der Waals surface area contributed by atoms with Gasteiger partial charge in [-0.25, -0.2) is 0 Å². The Morgan fingerprint density at radius 2 is 2.33 bits per heavy atom. The Morgan fingerprint density at radius 1 is 1.67 bits per heavy atom. The largest absolute Gasteiger partial charge is 0.392 e. The Hall–Kier alpha value is -1.62. The predicted octanol–water partition coefficient (Wildman–Crippen LogP) is -0.504. The summed E-state index contributed by atoms with van der Waals surface area (Å²) in [4.78, 5) is 22.7. The van der Waals surface area contributed by atoms with E-state index in [-0.39, 0.29) is 18.0 Å². The molecule has 1 amide bonds. The minimum Gasteiger partial charge on any atom is -0.392 e. The first-order valence-corrected chi connectivity index (χ1v) is 4.63. The number of aryl methyl sites for hydroxylation is 1. The summed E-state index contributed by atoms with van der Waals surface area (Å²) in [5.41, 5.74) is 0.0680. The fraction of sp³-hybridized carbons (Fsp3) is 0.400. The molecule has 0 aliphatic rings. The summed E-state index contributed by atoms with van der Waals surface area (Å²) in [5, 5.41) is 11.5. The van der Waals surface area contributed by atoms with Gasteiger partial charge in [-0.05, 0) is 13.0 Å². The van der Waals surface area contributed by atoms with E-state index in [0.29, 0.717) is 5.56 Å². The molecular formula is C10H14N2O3. The molecule has 0 aliphatic heterocycles. The molecule has 15 heavy (non-hydrogen) atoms. The summed E-state index contributed by atoms with van der Waals surface area (Å²) >= 11 is 0. The quantitative estimate of drug-likeness (QED) is 0.706. The molecule has 0 spiro atoms. The van der Waals surface area contributed by atoms with Crippen LogP contribution in [0.2, 0.25) is 0 Å². The van der Waals surface area contributed by atoms with Gasteiger partial charge in [-0.1, -0.05) is 0 Å². The fourth-order valence-corrected chi connectivity index (χ4v) is 1.03. The summed E-state index contributed by atoms with van der Waals surface area (Å²) < 4.78 is 1.38. The highest BCUT2D eigenvalue weighted by Gasteiger charge is 2.06. The molecule has 1 aromatic heterocycles. The lowest BCUT2D eigenvalue weighted by atomic mass is 10.2. The van der Waals surface area contributed by atoms with Gasteiger partial charge in [-0.2, -0.15) is 0 Å². The van der Waals surface area contributed by atoms with Crippen LogP contribution in [0.3, 0.4) is 0 Å². The first-order chi connectivity index (χ1) is 7.00. The minimum absolute atomic E-state index is 0.175. The van der Waals surface area contributed by atoms with E-state index >= 15 is 0 Å². The maximum absolute atomic E-state index is 11.4. The highest BCUT2D eigenvalue weighted by Crippen LogP contribution is 1.93. The molecule has 0 radical (unpaired) electrons. The highest BCUT2D eigenvalue weighted by atomic mass is 16.3. The number of rotatable bonds is 3. The number of pyridine rings is 1. The molecule has 1 atom stereocenters. The smallest absolute Gasteiger partial charge is 0.251 e. The molecule has 2 N–H and O–H groups in total. The normalized spacial score (nSPS) is 12.2. The summed E-state index contributed by atoms with van der Waals surface area (Å²) in [6.07, 6.45) is 0.931. The van der Waals surface area contributed by atoms with Crippen LogP contribution in [0.15, 0.2) is 23.1 Å². The molecule has 0 saturated carbocycles. The molecule has 1 rings (SSSR count). The molecule has 0 unspecified atom stereocenters. The van der Waals surface area contributed by atoms with Gasteiger partial charge in [0, 0.05) is 31.4 Å². The average molecular weight is 210 g/mol. The molecule has 0 bridgehead atoms. The van der Waals surface area contributed by atoms with Crippen molar-refractivity contribution in [1.82, 2.24) is 9.88 Å². The van der Waals surface area contributed by atoms with Gasteiger partial charge in [0.2, 0.25) is 0 Å². The topological polar surface area (TPSA) is 71.3 Å². The fourth-order valence-electron chi connectivity index (χ4n) is 1.03. The maximum Gasteiger partial charge on any atom is 0.251 e. The number of hydrogen-bond acceptors (Lipinski definition) is 3. The van der Waals surface area contributed by atoms with E-state index in [2.05, 4.69) is 5.32 Å². The van der Waals surface area contributed by atoms with Crippen molar-refractivity contribution < 1.29 is 9.90 Å². The molecule has 0 aliphatic carbocycles. The van der Waals surface area contributed by atoms with Crippen LogP contribution < -0.4 is 10.9 Å². The van der Waals surface area contributed by atoms with Crippen molar-refractivity contribution in [3.05, 3.63) is 34.2 Å². The lowest BCUT2D eigenvalue weighted by molar-refractivity contribution is 0.0923. The first-order valence-electron chi connectivity index (χ1n) is 4.63. The predicted molar refractivity (Wildman–Crippen MR) is 55.7 cm³/mol. The highest BCUT2D eigenvalue weighted by molar-refractivity contribution is 5.93. The number of aliphatic hydroxyl groups excluding tert-OH is 1. The lowest BCUT2D eigenvalue weighted by Gasteiger charge is -2.07. The van der Waals surface area contributed by atoms with E-state index in [0.717, 1.165) is 0 Å². The number of hydrogen-bond donors (Lipinski definition) is 2. The van der Waals surface area contributed by atoms with Gasteiger partial charge in [0.05, 0.1) is 6.10 Å². The van der Waals surface area contributed by atoms with E-state index in [9.17, 15) is 9.59 Å². The SMILES string of the molecule is C[C@H](O)CNC(=O)c1ccn(C)c(=O)c1. The van der Waals surface area contributed by atoms with Crippen molar-refractivity contribution in [3.63, 3.8) is 0 Å². The van der Waals surface area contributed by atoms with E-state index in [1.54, 1.807) is 20.0 Å². The Morgan fingerprint density at radius 3 is 2.87 bits per heavy atom. The monoisotopic (exact) mass is 210 g/mol. The third kappa shape index (κ3) is 3.21. The lowest BCUT2D eigenvalue weighted by Crippen LogP contribution is -2.31. The number of amides is 1. The van der Waals surface area contributed by atoms with Crippen molar-refractivity contribution in [1.29, 1.82) is 0 Å². The summed E-state index contributed by atoms with van der Waals surface area (Å²) in [6.45, 7) is 1.75. The van der Waals surface area contributed by atoms with Crippen LogP contribution in [0, 0.1) is 0 Å². The first kappa shape index (κ1) is 11.5. The number of aliphatic hydroxyl groups is 1. The molecule has 5 nitrogen and oxygen atoms in total. The van der Waals surface area contributed by atoms with E-state index in [1.807, 2.05) is 0 Å². The Balaban J connectivity index is 2.75. The van der Waals surface area contributed by atoms with Gasteiger partial charge in [0.1, 0.15) is 0 Å². The summed E-state index contributed by atoms with van der Waals surface area (Å²) in [6, 6.07) is 2.82. The second-order valence-corrected chi connectivity index (χ2v) is 3.42. The second kappa shape index (κ2) is 4.75. The van der Waals surface area contributed by atoms with Crippen molar-refractivity contribution in [2.24, 2.45) is 7.05 Å². The van der Waals surface area contributed by atoms with Gasteiger partial charge in [-0.3, -0.25) is 9.59 Å². The van der Waals surface area contributed by atoms with Crippen LogP contribution in [0.1, 0.15) is 17.3 Å². The molecule has 1 heterocycles. The van der Waals surface area contributed by atoms with E-state index < -0.39 is 6.10 Å². The molecule has 0 aromatic carbocycles. The van der Waals surface area contributed by atoms with Crippen LogP contribution in [-0.2, 0) is 7.05 Å². The van der Waals surface area contributed by atoms with Crippen LogP contribution in [-0.4, -0.2) is 28.2 Å². The van der Waals surface area contributed by atoms with Crippen LogP contribution >= 0.6 is 0 Å². The van der Waals surface area contributed by atoms with Crippen molar-refractivity contribution in [2.75, 3.05) is 6.54 Å². The molecule has 82 valence electrons. The Labute approximate surface area is 87.4 Å². The summed E-state index contributed by atoms with van der Waals surface area (Å²) in [5.74, 6) is -0.353. The number of carbonyl (C=O) groups is 1. The van der Waals surface area contributed by atoms with Crippen molar-refractivity contribution in [2.45, 2.75) is 13.0 Å². The number of nitrogens with zero attached hydrogens (tertiary/aromatic N) is 1. The van der Waals surface area contributed by atoms with Crippen LogP contribution in [0.25, 0.3) is 0 Å². The number of nitrogens with one attached hydrogen (secondary N) is 1. The van der Waals surface area contributed by atoms with Crippen LogP contribution in [0.5, 0.6) is 0 Å². The minimum atomic E-state index is -0.597. The Kier molecular flexibility index (Phi) is 3.62. The third-order valence-electron chi connectivity index (χ3n) is 1.92. The summed E-state index contributed by atoms with van der Waals surface area (Å²) in [7, 11) is 1.61. The third-order valence-corrected chi connectivity index (χ3v) is 1.92. The average Bonchev–Trinajstić information content (AvgIpc) is 2.18. The second-order valence-electron chi connectivity index (χ2n) is 3.42. The van der Waals surface area contributed by atoms with E-state index in [4.69, 9.17) is 5.11 Å². The standard InChI is InChI=1S/C10H14N2O3/c1-7(13)6-11-10(15)8-3-4-12(2)9(14)5-8/h3-5,7,13H,6H2,1-2H3,(H,11,15)/t7-/m0/s1. The van der Waals surface area contributed by atoms with Gasteiger partial charge in [-0.15, -0.1) is 0 Å². The van der Waals surface area contributed by atoms with Crippen molar-refractivity contribution >= 4 is 5.91 Å². The zero-order chi connectivity index (χ0) is 11.4. The maximum atomic E-state index is 11.4. The zero-order valence-electron chi connectivity index (χ0n) is 8.73. The molecule has 5 heteroatoms. The molecular weight excluding hydrogens is 196 g/mol. The zero-order valence-corrected chi connectivity index (χ0v) is 8.73. The molecule has 0 saturated heterocycles. The van der Waals surface area contributed by atoms with Gasteiger partial charge >= 0.3 is 0 Å². The van der Waals surface area contributed by atoms with Crippen molar-refractivity contribution in [3.8, 4) is 0 Å². The van der Waals surface area contributed by atoms with E-state index in [1.165, 1.54) is 16.8 Å².